The molecule has 0 bridgehead atoms. The van der Waals surface area contributed by atoms with Crippen LogP contribution in [0.5, 0.6) is 0 Å². The van der Waals surface area contributed by atoms with Crippen molar-refractivity contribution in [2.24, 2.45) is 10.9 Å². The van der Waals surface area contributed by atoms with Crippen molar-refractivity contribution in [1.29, 1.82) is 0 Å². The number of rotatable bonds is 6. The van der Waals surface area contributed by atoms with Crippen molar-refractivity contribution in [3.63, 3.8) is 0 Å². The van der Waals surface area contributed by atoms with Gasteiger partial charge in [-0.3, -0.25) is 4.99 Å². The molecule has 0 aliphatic rings. The molecule has 0 fully saturated rings. The fourth-order valence-electron chi connectivity index (χ4n) is 1.47. The van der Waals surface area contributed by atoms with Crippen molar-refractivity contribution in [2.45, 2.75) is 53.4 Å². The topological polar surface area (TPSA) is 12.4 Å². The Balaban J connectivity index is 4.07. The molecule has 0 aromatic heterocycles. The zero-order chi connectivity index (χ0) is 11.0. The van der Waals surface area contributed by atoms with E-state index in [2.05, 4.69) is 38.8 Å². The zero-order valence-electron chi connectivity index (χ0n) is 10.4. The molecule has 0 aromatic rings. The van der Waals surface area contributed by atoms with Gasteiger partial charge in [0.1, 0.15) is 0 Å². The molecule has 1 heteroatoms. The van der Waals surface area contributed by atoms with Crippen LogP contribution in [0.3, 0.4) is 0 Å². The normalized spacial score (nSPS) is 13.9. The maximum atomic E-state index is 4.30. The van der Waals surface area contributed by atoms with E-state index < -0.39 is 0 Å². The molecule has 82 valence electrons. The molecule has 0 atom stereocenters. The van der Waals surface area contributed by atoms with Crippen molar-refractivity contribution in [1.82, 2.24) is 0 Å². The van der Waals surface area contributed by atoms with Crippen LogP contribution in [0.15, 0.2) is 16.6 Å². The summed E-state index contributed by atoms with van der Waals surface area (Å²) >= 11 is 0. The summed E-state index contributed by atoms with van der Waals surface area (Å²) in [6.45, 7) is 8.84. The van der Waals surface area contributed by atoms with E-state index in [9.17, 15) is 0 Å². The summed E-state index contributed by atoms with van der Waals surface area (Å²) < 4.78 is 0. The van der Waals surface area contributed by atoms with E-state index in [1.165, 1.54) is 37.0 Å². The van der Waals surface area contributed by atoms with Gasteiger partial charge in [0.15, 0.2) is 0 Å². The molecule has 0 saturated heterocycles. The molecule has 0 spiro atoms. The molecule has 0 rings (SSSR count). The number of hydrogen-bond donors (Lipinski definition) is 0. The minimum Gasteiger partial charge on any atom is -0.293 e. The van der Waals surface area contributed by atoms with E-state index in [0.29, 0.717) is 5.92 Å². The van der Waals surface area contributed by atoms with Crippen molar-refractivity contribution >= 4 is 5.71 Å². The van der Waals surface area contributed by atoms with Crippen LogP contribution in [0.2, 0.25) is 0 Å². The van der Waals surface area contributed by atoms with E-state index in [1.807, 2.05) is 7.05 Å². The molecule has 0 aliphatic carbocycles. The average Bonchev–Trinajstić information content (AvgIpc) is 2.14. The molecule has 0 unspecified atom stereocenters. The van der Waals surface area contributed by atoms with E-state index in [1.54, 1.807) is 0 Å². The molecule has 0 N–H and O–H groups in total. The third-order valence-electron chi connectivity index (χ3n) is 2.42. The maximum absolute atomic E-state index is 4.30. The monoisotopic (exact) mass is 195 g/mol. The summed E-state index contributed by atoms with van der Waals surface area (Å²) in [4.78, 5) is 4.30. The van der Waals surface area contributed by atoms with Gasteiger partial charge in [0.25, 0.3) is 0 Å². The highest BCUT2D eigenvalue weighted by molar-refractivity contribution is 5.96. The van der Waals surface area contributed by atoms with Crippen LogP contribution in [-0.2, 0) is 0 Å². The second kappa shape index (κ2) is 7.78. The highest BCUT2D eigenvalue weighted by atomic mass is 14.7. The Morgan fingerprint density at radius 3 is 2.36 bits per heavy atom. The summed E-state index contributed by atoms with van der Waals surface area (Å²) in [5.41, 5.74) is 2.69. The first-order valence-electron chi connectivity index (χ1n) is 5.75. The first-order chi connectivity index (χ1) is 6.61. The highest BCUT2D eigenvalue weighted by Crippen LogP contribution is 2.10. The first kappa shape index (κ1) is 13.4. The smallest absolute Gasteiger partial charge is 0.0369 e. The number of allylic oxidation sites excluding steroid dienone is 2. The fraction of sp³-hybridized carbons (Fsp3) is 0.769. The van der Waals surface area contributed by atoms with E-state index in [-0.39, 0.29) is 0 Å². The van der Waals surface area contributed by atoms with E-state index in [4.69, 9.17) is 0 Å². The van der Waals surface area contributed by atoms with Crippen LogP contribution in [0.1, 0.15) is 53.4 Å². The minimum atomic E-state index is 0.543. The number of aliphatic imine (C=N–C) groups is 1. The highest BCUT2D eigenvalue weighted by Gasteiger charge is 2.00. The fourth-order valence-corrected chi connectivity index (χ4v) is 1.47. The van der Waals surface area contributed by atoms with Crippen LogP contribution < -0.4 is 0 Å². The Kier molecular flexibility index (Phi) is 7.45. The summed E-state index contributed by atoms with van der Waals surface area (Å²) in [5.74, 6) is 0.543. The third-order valence-corrected chi connectivity index (χ3v) is 2.42. The lowest BCUT2D eigenvalue weighted by molar-refractivity contribution is 0.713. The number of nitrogens with zero attached hydrogens (tertiary/aromatic N) is 1. The molecule has 0 heterocycles. The van der Waals surface area contributed by atoms with Crippen molar-refractivity contribution < 1.29 is 0 Å². The van der Waals surface area contributed by atoms with Gasteiger partial charge in [-0.1, -0.05) is 39.2 Å². The van der Waals surface area contributed by atoms with Gasteiger partial charge in [-0.2, -0.15) is 0 Å². The van der Waals surface area contributed by atoms with Gasteiger partial charge in [-0.15, -0.1) is 0 Å². The minimum absolute atomic E-state index is 0.543. The Bertz CT molecular complexity index is 199. The molecular weight excluding hydrogens is 170 g/mol. The summed E-state index contributed by atoms with van der Waals surface area (Å²) in [6, 6.07) is 0. The largest absolute Gasteiger partial charge is 0.293 e. The zero-order valence-corrected chi connectivity index (χ0v) is 10.4. The van der Waals surface area contributed by atoms with Crippen molar-refractivity contribution in [3.8, 4) is 0 Å². The third kappa shape index (κ3) is 5.95. The van der Waals surface area contributed by atoms with Gasteiger partial charge in [0.2, 0.25) is 0 Å². The molecule has 0 radical (unpaired) electrons. The average molecular weight is 195 g/mol. The maximum Gasteiger partial charge on any atom is 0.0369 e. The van der Waals surface area contributed by atoms with Crippen LogP contribution in [0, 0.1) is 5.92 Å². The Labute approximate surface area is 89.3 Å². The first-order valence-corrected chi connectivity index (χ1v) is 5.75. The van der Waals surface area contributed by atoms with Crippen molar-refractivity contribution in [3.05, 3.63) is 11.6 Å². The predicted molar refractivity (Wildman–Crippen MR) is 66.1 cm³/mol. The quantitative estimate of drug-likeness (QED) is 0.444. The van der Waals surface area contributed by atoms with Crippen LogP contribution >= 0.6 is 0 Å². The number of unbranched alkanes of at least 4 members (excludes halogenated alkanes) is 2. The molecule has 0 amide bonds. The van der Waals surface area contributed by atoms with Gasteiger partial charge in [0.05, 0.1) is 0 Å². The van der Waals surface area contributed by atoms with Gasteiger partial charge < -0.3 is 0 Å². The van der Waals surface area contributed by atoms with Gasteiger partial charge >= 0.3 is 0 Å². The van der Waals surface area contributed by atoms with E-state index in [0.717, 1.165) is 0 Å². The second-order valence-corrected chi connectivity index (χ2v) is 4.25. The van der Waals surface area contributed by atoms with Gasteiger partial charge in [-0.05, 0) is 31.8 Å². The van der Waals surface area contributed by atoms with Crippen LogP contribution in [0.4, 0.5) is 0 Å². The Morgan fingerprint density at radius 2 is 1.93 bits per heavy atom. The standard InChI is InChI=1S/C13H25N/c1-6-7-8-9-12(4)10-13(14-5)11(2)3/h10-11H,6-9H2,1-5H3/b12-10+,14-13?. The lowest BCUT2D eigenvalue weighted by Crippen LogP contribution is -2.04. The Hall–Kier alpha value is -0.590. The summed E-state index contributed by atoms with van der Waals surface area (Å²) in [7, 11) is 1.88. The van der Waals surface area contributed by atoms with Crippen LogP contribution in [-0.4, -0.2) is 12.8 Å². The lowest BCUT2D eigenvalue weighted by Gasteiger charge is -2.06. The van der Waals surface area contributed by atoms with Crippen LogP contribution in [0.25, 0.3) is 0 Å². The lowest BCUT2D eigenvalue weighted by atomic mass is 10.0. The molecule has 1 nitrogen and oxygen atoms in total. The molecular formula is C13H25N. The number of hydrogen-bond acceptors (Lipinski definition) is 1. The van der Waals surface area contributed by atoms with E-state index >= 15 is 0 Å². The van der Waals surface area contributed by atoms with Crippen molar-refractivity contribution in [2.75, 3.05) is 7.05 Å². The molecule has 0 aliphatic heterocycles. The summed E-state index contributed by atoms with van der Waals surface area (Å²) in [5, 5.41) is 0. The Morgan fingerprint density at radius 1 is 1.29 bits per heavy atom. The van der Waals surface area contributed by atoms with Gasteiger partial charge in [-0.25, -0.2) is 0 Å². The molecule has 14 heavy (non-hydrogen) atoms. The SMILES string of the molecule is CCCCC/C(C)=C/C(=NC)C(C)C. The predicted octanol–water partition coefficient (Wildman–Crippen LogP) is 4.24. The summed E-state index contributed by atoms with van der Waals surface area (Å²) in [6.07, 6.45) is 7.42. The molecule has 0 saturated carbocycles. The van der Waals surface area contributed by atoms with Gasteiger partial charge in [0, 0.05) is 12.8 Å². The second-order valence-electron chi connectivity index (χ2n) is 4.25. The molecule has 0 aromatic carbocycles.